The van der Waals surface area contributed by atoms with E-state index < -0.39 is 6.04 Å². The van der Waals surface area contributed by atoms with Crippen LogP contribution in [0, 0.1) is 12.8 Å². The normalized spacial score (nSPS) is 12.2. The molecule has 0 aliphatic heterocycles. The number of anilines is 1. The first-order valence-corrected chi connectivity index (χ1v) is 9.04. The number of carbonyl (C=O) groups excluding carboxylic acids is 2. The second-order valence-corrected chi connectivity index (χ2v) is 7.17. The molecule has 7 heteroatoms. The number of rotatable bonds is 5. The molecule has 1 unspecified atom stereocenters. The molecule has 2 N–H and O–H groups in total. The van der Waals surface area contributed by atoms with E-state index in [1.807, 2.05) is 32.9 Å². The summed E-state index contributed by atoms with van der Waals surface area (Å²) >= 11 is 6.07. The Hall–Kier alpha value is -2.86. The zero-order chi connectivity index (χ0) is 19.6. The molecule has 0 saturated heterocycles. The number of amides is 2. The first kappa shape index (κ1) is 18.9. The van der Waals surface area contributed by atoms with Crippen LogP contribution in [0.4, 0.5) is 5.69 Å². The average molecular weight is 385 g/mol. The summed E-state index contributed by atoms with van der Waals surface area (Å²) in [6, 6.07) is 10.1. The van der Waals surface area contributed by atoms with Crippen LogP contribution in [0.1, 0.15) is 29.8 Å². The van der Waals surface area contributed by atoms with Gasteiger partial charge in [-0.3, -0.25) is 14.0 Å². The molecular formula is C20H21ClN4O2. The molecule has 0 saturated carbocycles. The van der Waals surface area contributed by atoms with E-state index in [2.05, 4.69) is 15.6 Å². The van der Waals surface area contributed by atoms with Gasteiger partial charge in [-0.25, -0.2) is 4.98 Å². The Morgan fingerprint density at radius 3 is 2.67 bits per heavy atom. The second-order valence-electron chi connectivity index (χ2n) is 6.78. The smallest absolute Gasteiger partial charge is 0.251 e. The van der Waals surface area contributed by atoms with E-state index >= 15 is 0 Å². The molecule has 2 amide bonds. The molecular weight excluding hydrogens is 364 g/mol. The lowest BCUT2D eigenvalue weighted by molar-refractivity contribution is -0.118. The van der Waals surface area contributed by atoms with Crippen LogP contribution < -0.4 is 10.6 Å². The van der Waals surface area contributed by atoms with E-state index in [0.717, 1.165) is 5.56 Å². The molecule has 27 heavy (non-hydrogen) atoms. The minimum absolute atomic E-state index is 0.0840. The third-order valence-electron chi connectivity index (χ3n) is 4.24. The number of benzene rings is 1. The van der Waals surface area contributed by atoms with Crippen molar-refractivity contribution in [1.82, 2.24) is 14.7 Å². The Bertz CT molecular complexity index is 997. The van der Waals surface area contributed by atoms with Crippen molar-refractivity contribution in [2.24, 2.45) is 5.92 Å². The van der Waals surface area contributed by atoms with Gasteiger partial charge in [0.05, 0.1) is 11.9 Å². The van der Waals surface area contributed by atoms with Gasteiger partial charge in [0.15, 0.2) is 0 Å². The lowest BCUT2D eigenvalue weighted by Crippen LogP contribution is -2.47. The maximum atomic E-state index is 12.8. The van der Waals surface area contributed by atoms with E-state index in [9.17, 15) is 9.59 Å². The molecule has 0 bridgehead atoms. The molecule has 0 aliphatic carbocycles. The lowest BCUT2D eigenvalue weighted by atomic mass is 10.0. The van der Waals surface area contributed by atoms with Crippen molar-refractivity contribution in [2.45, 2.75) is 26.8 Å². The number of carbonyl (C=O) groups is 2. The zero-order valence-electron chi connectivity index (χ0n) is 15.4. The monoisotopic (exact) mass is 384 g/mol. The number of hydrogen-bond donors (Lipinski definition) is 2. The number of imidazole rings is 1. The Morgan fingerprint density at radius 1 is 1.19 bits per heavy atom. The maximum Gasteiger partial charge on any atom is 0.251 e. The number of nitrogens with one attached hydrogen (secondary N) is 2. The molecule has 3 aromatic rings. The van der Waals surface area contributed by atoms with Crippen LogP contribution >= 0.6 is 11.6 Å². The highest BCUT2D eigenvalue weighted by Gasteiger charge is 2.25. The summed E-state index contributed by atoms with van der Waals surface area (Å²) in [6.45, 7) is 5.69. The summed E-state index contributed by atoms with van der Waals surface area (Å²) < 4.78 is 1.67. The van der Waals surface area contributed by atoms with Crippen molar-refractivity contribution < 1.29 is 9.59 Å². The predicted octanol–water partition coefficient (Wildman–Crippen LogP) is 3.69. The molecule has 2 heterocycles. The van der Waals surface area contributed by atoms with Crippen LogP contribution in [0.2, 0.25) is 5.15 Å². The van der Waals surface area contributed by atoms with Crippen LogP contribution in [0.15, 0.2) is 48.8 Å². The Balaban J connectivity index is 1.76. The number of nitrogens with zero attached hydrogens (tertiary/aromatic N) is 2. The van der Waals surface area contributed by atoms with Gasteiger partial charge in [-0.05, 0) is 37.1 Å². The third kappa shape index (κ3) is 4.28. The summed E-state index contributed by atoms with van der Waals surface area (Å²) in [6.07, 6.45) is 3.24. The molecule has 2 aromatic heterocycles. The lowest BCUT2D eigenvalue weighted by Gasteiger charge is -2.22. The molecule has 0 spiro atoms. The summed E-state index contributed by atoms with van der Waals surface area (Å²) in [7, 11) is 0. The van der Waals surface area contributed by atoms with Crippen LogP contribution in [0.3, 0.4) is 0 Å². The largest absolute Gasteiger partial charge is 0.340 e. The van der Waals surface area contributed by atoms with E-state index in [1.54, 1.807) is 41.1 Å². The van der Waals surface area contributed by atoms with Crippen LogP contribution in [0.5, 0.6) is 0 Å². The molecule has 3 rings (SSSR count). The quantitative estimate of drug-likeness (QED) is 0.704. The summed E-state index contributed by atoms with van der Waals surface area (Å²) in [5.74, 6) is -0.651. The van der Waals surface area contributed by atoms with E-state index in [1.165, 1.54) is 0 Å². The second kappa shape index (κ2) is 7.80. The van der Waals surface area contributed by atoms with Crippen LogP contribution in [0.25, 0.3) is 5.65 Å². The molecule has 1 aromatic carbocycles. The van der Waals surface area contributed by atoms with Gasteiger partial charge >= 0.3 is 0 Å². The topological polar surface area (TPSA) is 75.5 Å². The highest BCUT2D eigenvalue weighted by molar-refractivity contribution is 6.29. The number of aromatic nitrogens is 2. The van der Waals surface area contributed by atoms with Crippen molar-refractivity contribution in [3.05, 3.63) is 65.1 Å². The fraction of sp³-hybridized carbons (Fsp3) is 0.250. The van der Waals surface area contributed by atoms with Gasteiger partial charge in [-0.15, -0.1) is 0 Å². The van der Waals surface area contributed by atoms with Gasteiger partial charge in [-0.2, -0.15) is 0 Å². The number of aryl methyl sites for hydroxylation is 1. The van der Waals surface area contributed by atoms with E-state index in [0.29, 0.717) is 22.1 Å². The van der Waals surface area contributed by atoms with E-state index in [4.69, 9.17) is 11.6 Å². The first-order valence-electron chi connectivity index (χ1n) is 8.66. The maximum absolute atomic E-state index is 12.8. The number of halogens is 1. The van der Waals surface area contributed by atoms with Crippen molar-refractivity contribution in [3.8, 4) is 0 Å². The average Bonchev–Trinajstić information content (AvgIpc) is 2.99. The van der Waals surface area contributed by atoms with E-state index in [-0.39, 0.29) is 17.7 Å². The minimum Gasteiger partial charge on any atom is -0.340 e. The molecule has 1 atom stereocenters. The van der Waals surface area contributed by atoms with Crippen molar-refractivity contribution in [3.63, 3.8) is 0 Å². The van der Waals surface area contributed by atoms with Gasteiger partial charge in [0, 0.05) is 11.8 Å². The SMILES string of the molecule is Cc1cccc(C(=O)NC(C(=O)Nc2ccc3ncc(Cl)n3c2)C(C)C)c1. The van der Waals surface area contributed by atoms with Crippen molar-refractivity contribution in [2.75, 3.05) is 5.32 Å². The predicted molar refractivity (Wildman–Crippen MR) is 106 cm³/mol. The Kier molecular flexibility index (Phi) is 5.46. The molecule has 6 nitrogen and oxygen atoms in total. The number of fused-ring (bicyclic) bond motifs is 1. The molecule has 140 valence electrons. The fourth-order valence-corrected chi connectivity index (χ4v) is 2.97. The number of pyridine rings is 1. The highest BCUT2D eigenvalue weighted by atomic mass is 35.5. The molecule has 0 fully saturated rings. The van der Waals surface area contributed by atoms with Gasteiger partial charge in [-0.1, -0.05) is 43.1 Å². The standard InChI is InChI=1S/C20H21ClN4O2/c1-12(2)18(24-19(26)14-6-4-5-13(3)9-14)20(27)23-15-7-8-17-22-10-16(21)25(17)11-15/h4-12,18H,1-3H3,(H,23,27)(H,24,26). The third-order valence-corrected chi connectivity index (χ3v) is 4.52. The minimum atomic E-state index is -0.674. The van der Waals surface area contributed by atoms with Crippen molar-refractivity contribution >= 4 is 34.7 Å². The van der Waals surface area contributed by atoms with Gasteiger partial charge in [0.1, 0.15) is 16.8 Å². The molecule has 0 radical (unpaired) electrons. The van der Waals surface area contributed by atoms with Crippen LogP contribution in [-0.2, 0) is 4.79 Å². The summed E-state index contributed by atoms with van der Waals surface area (Å²) in [5, 5.41) is 6.12. The van der Waals surface area contributed by atoms with Crippen molar-refractivity contribution in [1.29, 1.82) is 0 Å². The molecule has 0 aliphatic rings. The summed E-state index contributed by atoms with van der Waals surface area (Å²) in [5.41, 5.74) is 2.77. The zero-order valence-corrected chi connectivity index (χ0v) is 16.1. The Labute approximate surface area is 162 Å². The first-order chi connectivity index (χ1) is 12.8. The fourth-order valence-electron chi connectivity index (χ4n) is 2.79. The van der Waals surface area contributed by atoms with Gasteiger partial charge in [0.25, 0.3) is 5.91 Å². The van der Waals surface area contributed by atoms with Gasteiger partial charge in [0.2, 0.25) is 5.91 Å². The Morgan fingerprint density at radius 2 is 1.96 bits per heavy atom. The van der Waals surface area contributed by atoms with Crippen LogP contribution in [-0.4, -0.2) is 27.2 Å². The summed E-state index contributed by atoms with van der Waals surface area (Å²) in [4.78, 5) is 29.4. The van der Waals surface area contributed by atoms with Gasteiger partial charge < -0.3 is 10.6 Å². The highest BCUT2D eigenvalue weighted by Crippen LogP contribution is 2.17. The number of hydrogen-bond acceptors (Lipinski definition) is 3.